The Bertz CT molecular complexity index is 1360. The zero-order chi connectivity index (χ0) is 24.8. The number of halogens is 1. The maximum atomic E-state index is 11.9. The molecule has 0 saturated heterocycles. The van der Waals surface area contributed by atoms with Gasteiger partial charge in [-0.1, -0.05) is 0 Å². The number of carbonyl (C=O) groups excluding carboxylic acids is 2. The van der Waals surface area contributed by atoms with Gasteiger partial charge in [0.25, 0.3) is 0 Å². The molecular formula is C25H22BrN5O4. The number of carbonyl (C=O) groups is 2. The number of fused-ring (bicyclic) bond motifs is 1. The quantitative estimate of drug-likeness (QED) is 0.277. The van der Waals surface area contributed by atoms with E-state index in [1.807, 2.05) is 6.07 Å². The first kappa shape index (κ1) is 24.1. The van der Waals surface area contributed by atoms with Gasteiger partial charge in [0.15, 0.2) is 17.3 Å². The lowest BCUT2D eigenvalue weighted by atomic mass is 10.2. The molecule has 0 aliphatic carbocycles. The van der Waals surface area contributed by atoms with Crippen molar-refractivity contribution >= 4 is 62.0 Å². The van der Waals surface area contributed by atoms with Gasteiger partial charge in [-0.05, 0) is 84.4 Å². The third-order valence-electron chi connectivity index (χ3n) is 4.81. The molecule has 2 heterocycles. The Morgan fingerprint density at radius 3 is 1.77 bits per heavy atom. The molecule has 2 aromatic heterocycles. The van der Waals surface area contributed by atoms with Gasteiger partial charge in [-0.25, -0.2) is 24.5 Å². The second-order valence-corrected chi connectivity index (χ2v) is 8.18. The van der Waals surface area contributed by atoms with Gasteiger partial charge in [0.1, 0.15) is 5.52 Å². The van der Waals surface area contributed by atoms with Gasteiger partial charge in [0, 0.05) is 22.0 Å². The maximum Gasteiger partial charge on any atom is 0.338 e. The molecule has 2 aromatic carbocycles. The number of aromatic nitrogens is 3. The largest absolute Gasteiger partial charge is 0.462 e. The van der Waals surface area contributed by atoms with Crippen LogP contribution in [0.4, 0.5) is 23.0 Å². The van der Waals surface area contributed by atoms with Crippen LogP contribution in [-0.2, 0) is 9.47 Å². The molecule has 0 spiro atoms. The lowest BCUT2D eigenvalue weighted by Crippen LogP contribution is -2.06. The average molecular weight is 536 g/mol. The summed E-state index contributed by atoms with van der Waals surface area (Å²) in [5, 5.41) is 6.47. The first-order valence-corrected chi connectivity index (χ1v) is 11.7. The number of nitrogens with zero attached hydrogens (tertiary/aromatic N) is 3. The molecule has 0 atom stereocenters. The number of ether oxygens (including phenoxy) is 2. The lowest BCUT2D eigenvalue weighted by Gasteiger charge is -2.14. The van der Waals surface area contributed by atoms with E-state index in [4.69, 9.17) is 14.5 Å². The molecule has 4 rings (SSSR count). The highest BCUT2D eigenvalue weighted by molar-refractivity contribution is 9.10. The Kier molecular flexibility index (Phi) is 7.51. The number of nitrogens with one attached hydrogen (secondary N) is 2. The van der Waals surface area contributed by atoms with Gasteiger partial charge >= 0.3 is 11.9 Å². The number of hydrogen-bond donors (Lipinski definition) is 2. The van der Waals surface area contributed by atoms with Gasteiger partial charge < -0.3 is 20.1 Å². The molecule has 178 valence electrons. The molecule has 35 heavy (non-hydrogen) atoms. The Morgan fingerprint density at radius 2 is 1.29 bits per heavy atom. The molecule has 0 fully saturated rings. The number of esters is 2. The number of benzene rings is 2. The maximum absolute atomic E-state index is 11.9. The SMILES string of the molecule is CCOC(=O)c1ccc(Nc2nc3cc(Br)cnc3nc2Nc2ccc(C(=O)OCC)cc2)cc1. The van der Waals surface area contributed by atoms with E-state index in [1.54, 1.807) is 68.6 Å². The number of rotatable bonds is 8. The minimum absolute atomic E-state index is 0.310. The van der Waals surface area contributed by atoms with Crippen LogP contribution in [0.25, 0.3) is 11.2 Å². The highest BCUT2D eigenvalue weighted by Gasteiger charge is 2.13. The molecule has 10 heteroatoms. The van der Waals surface area contributed by atoms with Crippen LogP contribution in [0, 0.1) is 0 Å². The summed E-state index contributed by atoms with van der Waals surface area (Å²) in [5.41, 5.74) is 3.36. The van der Waals surface area contributed by atoms with E-state index in [0.717, 1.165) is 4.47 Å². The van der Waals surface area contributed by atoms with Gasteiger partial charge in [-0.15, -0.1) is 0 Å². The molecule has 0 amide bonds. The van der Waals surface area contributed by atoms with E-state index in [0.29, 0.717) is 58.5 Å². The van der Waals surface area contributed by atoms with E-state index < -0.39 is 0 Å². The third kappa shape index (κ3) is 5.90. The van der Waals surface area contributed by atoms with E-state index >= 15 is 0 Å². The predicted molar refractivity (Wildman–Crippen MR) is 136 cm³/mol. The summed E-state index contributed by atoms with van der Waals surface area (Å²) in [7, 11) is 0. The van der Waals surface area contributed by atoms with Crippen molar-refractivity contribution in [3.05, 3.63) is 76.4 Å². The predicted octanol–water partition coefficient (Wildman–Crippen LogP) is 5.63. The van der Waals surface area contributed by atoms with Crippen molar-refractivity contribution in [2.24, 2.45) is 0 Å². The van der Waals surface area contributed by atoms with Crippen molar-refractivity contribution in [3.63, 3.8) is 0 Å². The van der Waals surface area contributed by atoms with Gasteiger partial charge in [-0.3, -0.25) is 0 Å². The molecular weight excluding hydrogens is 514 g/mol. The van der Waals surface area contributed by atoms with Crippen LogP contribution in [0.3, 0.4) is 0 Å². The Balaban J connectivity index is 1.64. The zero-order valence-electron chi connectivity index (χ0n) is 19.0. The Morgan fingerprint density at radius 1 is 0.800 bits per heavy atom. The summed E-state index contributed by atoms with van der Waals surface area (Å²) >= 11 is 3.41. The van der Waals surface area contributed by atoms with Crippen LogP contribution in [-0.4, -0.2) is 40.1 Å². The molecule has 0 aliphatic heterocycles. The average Bonchev–Trinajstić information content (AvgIpc) is 2.85. The standard InChI is InChI=1S/C25H22BrN5O4/c1-3-34-24(32)15-5-9-18(10-6-15)28-22-23(31-21-20(30-22)13-17(26)14-27-21)29-19-11-7-16(8-12-19)25(33)35-4-2/h5-14H,3-4H2,1-2H3,(H,28,30)(H,27,29,31). The summed E-state index contributed by atoms with van der Waals surface area (Å²) in [5.74, 6) is 0.128. The van der Waals surface area contributed by atoms with Gasteiger partial charge in [0.2, 0.25) is 0 Å². The molecule has 4 aromatic rings. The van der Waals surface area contributed by atoms with Crippen LogP contribution in [0.5, 0.6) is 0 Å². The van der Waals surface area contributed by atoms with Crippen LogP contribution < -0.4 is 10.6 Å². The van der Waals surface area contributed by atoms with E-state index in [-0.39, 0.29) is 11.9 Å². The second kappa shape index (κ2) is 10.9. The van der Waals surface area contributed by atoms with Crippen molar-refractivity contribution in [1.29, 1.82) is 0 Å². The molecule has 0 bridgehead atoms. The van der Waals surface area contributed by atoms with Crippen LogP contribution in [0.15, 0.2) is 65.3 Å². The fourth-order valence-electron chi connectivity index (χ4n) is 3.18. The van der Waals surface area contributed by atoms with E-state index in [9.17, 15) is 9.59 Å². The number of pyridine rings is 1. The van der Waals surface area contributed by atoms with Crippen molar-refractivity contribution < 1.29 is 19.1 Å². The monoisotopic (exact) mass is 535 g/mol. The zero-order valence-corrected chi connectivity index (χ0v) is 20.6. The van der Waals surface area contributed by atoms with Crippen LogP contribution >= 0.6 is 15.9 Å². The minimum atomic E-state index is -0.382. The molecule has 9 nitrogen and oxygen atoms in total. The summed E-state index contributed by atoms with van der Waals surface area (Å²) in [6, 6.07) is 15.5. The molecule has 0 saturated carbocycles. The van der Waals surface area contributed by atoms with Crippen LogP contribution in [0.1, 0.15) is 34.6 Å². The summed E-state index contributed by atoms with van der Waals surface area (Å²) in [4.78, 5) is 37.5. The third-order valence-corrected chi connectivity index (χ3v) is 5.24. The van der Waals surface area contributed by atoms with E-state index in [1.165, 1.54) is 0 Å². The number of hydrogen-bond acceptors (Lipinski definition) is 9. The van der Waals surface area contributed by atoms with Crippen molar-refractivity contribution in [3.8, 4) is 0 Å². The Labute approximate surface area is 210 Å². The van der Waals surface area contributed by atoms with Crippen molar-refractivity contribution in [2.75, 3.05) is 23.8 Å². The van der Waals surface area contributed by atoms with Crippen molar-refractivity contribution in [1.82, 2.24) is 15.0 Å². The lowest BCUT2D eigenvalue weighted by molar-refractivity contribution is 0.0517. The minimum Gasteiger partial charge on any atom is -0.462 e. The van der Waals surface area contributed by atoms with Crippen molar-refractivity contribution in [2.45, 2.75) is 13.8 Å². The Hall–Kier alpha value is -4.05. The summed E-state index contributed by atoms with van der Waals surface area (Å²) in [6.45, 7) is 4.14. The summed E-state index contributed by atoms with van der Waals surface area (Å²) < 4.78 is 10.8. The molecule has 2 N–H and O–H groups in total. The van der Waals surface area contributed by atoms with E-state index in [2.05, 4.69) is 36.5 Å². The summed E-state index contributed by atoms with van der Waals surface area (Å²) in [6.07, 6.45) is 1.65. The fraction of sp³-hybridized carbons (Fsp3) is 0.160. The first-order chi connectivity index (χ1) is 17.0. The highest BCUT2D eigenvalue weighted by atomic mass is 79.9. The second-order valence-electron chi connectivity index (χ2n) is 7.26. The topological polar surface area (TPSA) is 115 Å². The van der Waals surface area contributed by atoms with Crippen LogP contribution in [0.2, 0.25) is 0 Å². The molecule has 0 radical (unpaired) electrons. The smallest absolute Gasteiger partial charge is 0.338 e. The first-order valence-electron chi connectivity index (χ1n) is 10.9. The van der Waals surface area contributed by atoms with Gasteiger partial charge in [0.05, 0.1) is 24.3 Å². The molecule has 0 unspecified atom stereocenters. The fourth-order valence-corrected chi connectivity index (χ4v) is 3.50. The molecule has 0 aliphatic rings. The normalized spacial score (nSPS) is 10.6. The van der Waals surface area contributed by atoms with Gasteiger partial charge in [-0.2, -0.15) is 0 Å². The number of anilines is 4. The highest BCUT2D eigenvalue weighted by Crippen LogP contribution is 2.28.